The van der Waals surface area contributed by atoms with Gasteiger partial charge in [0.05, 0.1) is 5.56 Å². The van der Waals surface area contributed by atoms with Gasteiger partial charge in [-0.15, -0.1) is 0 Å². The number of hydrogen-bond acceptors (Lipinski definition) is 7. The molecule has 1 aromatic carbocycles. The molecule has 33 heavy (non-hydrogen) atoms. The molecule has 0 aliphatic carbocycles. The Morgan fingerprint density at radius 3 is 2.76 bits per heavy atom. The minimum absolute atomic E-state index is 0.145. The van der Waals surface area contributed by atoms with Crippen LogP contribution in [0.1, 0.15) is 28.8 Å². The van der Waals surface area contributed by atoms with Crippen LogP contribution < -0.4 is 20.1 Å². The lowest BCUT2D eigenvalue weighted by atomic mass is 10.00. The van der Waals surface area contributed by atoms with Crippen molar-refractivity contribution in [3.63, 3.8) is 0 Å². The average molecular weight is 447 g/mol. The summed E-state index contributed by atoms with van der Waals surface area (Å²) in [6, 6.07) is 11.5. The predicted octanol–water partition coefficient (Wildman–Crippen LogP) is 3.64. The monoisotopic (exact) mass is 446 g/mol. The Kier molecular flexibility index (Phi) is 6.34. The van der Waals surface area contributed by atoms with Crippen molar-refractivity contribution in [2.75, 3.05) is 31.9 Å². The van der Waals surface area contributed by atoms with Crippen molar-refractivity contribution in [2.24, 2.45) is 5.92 Å². The summed E-state index contributed by atoms with van der Waals surface area (Å²) in [4.78, 5) is 21.9. The van der Waals surface area contributed by atoms with Crippen molar-refractivity contribution in [3.05, 3.63) is 66.1 Å². The summed E-state index contributed by atoms with van der Waals surface area (Å²) < 4.78 is 16.3. The van der Waals surface area contributed by atoms with Gasteiger partial charge in [-0.05, 0) is 48.6 Å². The number of benzene rings is 1. The Balaban J connectivity index is 1.35. The quantitative estimate of drug-likeness (QED) is 0.572. The van der Waals surface area contributed by atoms with Crippen molar-refractivity contribution in [1.82, 2.24) is 15.3 Å². The molecule has 1 amide bonds. The number of rotatable bonds is 7. The van der Waals surface area contributed by atoms with Crippen LogP contribution in [0.5, 0.6) is 11.5 Å². The van der Waals surface area contributed by atoms with Crippen LogP contribution in [0.3, 0.4) is 0 Å². The van der Waals surface area contributed by atoms with Gasteiger partial charge in [-0.2, -0.15) is 0 Å². The van der Waals surface area contributed by atoms with Gasteiger partial charge in [-0.1, -0.05) is 12.1 Å². The van der Waals surface area contributed by atoms with E-state index >= 15 is 0 Å². The number of aromatic nitrogens is 2. The van der Waals surface area contributed by atoms with Gasteiger partial charge >= 0.3 is 0 Å². The summed E-state index contributed by atoms with van der Waals surface area (Å²) in [6.45, 7) is 2.86. The maximum Gasteiger partial charge on any atom is 0.255 e. The summed E-state index contributed by atoms with van der Waals surface area (Å²) in [6.07, 6.45) is 7.17. The van der Waals surface area contributed by atoms with E-state index in [2.05, 4.69) is 20.6 Å². The Bertz CT molecular complexity index is 1120. The number of anilines is 1. The zero-order valence-electron chi connectivity index (χ0n) is 18.3. The number of nitrogens with one attached hydrogen (secondary N) is 2. The number of carbonyl (C=O) groups is 1. The summed E-state index contributed by atoms with van der Waals surface area (Å²) in [7, 11) is 0. The smallest absolute Gasteiger partial charge is 0.255 e. The van der Waals surface area contributed by atoms with E-state index in [-0.39, 0.29) is 12.7 Å². The molecular formula is C25H26N4O4. The normalized spacial score (nSPS) is 15.3. The van der Waals surface area contributed by atoms with Crippen LogP contribution in [0.25, 0.3) is 11.1 Å². The molecular weight excluding hydrogens is 420 g/mol. The number of carbonyl (C=O) groups excluding carboxylic acids is 1. The van der Waals surface area contributed by atoms with Crippen molar-refractivity contribution in [3.8, 4) is 22.6 Å². The van der Waals surface area contributed by atoms with E-state index in [4.69, 9.17) is 14.2 Å². The second-order valence-electron chi connectivity index (χ2n) is 8.17. The first kappa shape index (κ1) is 21.2. The molecule has 5 rings (SSSR count). The van der Waals surface area contributed by atoms with E-state index in [9.17, 15) is 4.79 Å². The van der Waals surface area contributed by atoms with E-state index in [1.54, 1.807) is 18.6 Å². The molecule has 0 saturated carbocycles. The maximum absolute atomic E-state index is 13.2. The molecule has 170 valence electrons. The third-order valence-corrected chi connectivity index (χ3v) is 5.92. The van der Waals surface area contributed by atoms with Crippen LogP contribution in [-0.4, -0.2) is 42.4 Å². The van der Waals surface area contributed by atoms with E-state index in [0.29, 0.717) is 30.4 Å². The molecule has 2 aliphatic rings. The van der Waals surface area contributed by atoms with Gasteiger partial charge in [-0.25, -0.2) is 4.98 Å². The zero-order chi connectivity index (χ0) is 22.5. The highest BCUT2D eigenvalue weighted by Crippen LogP contribution is 2.33. The van der Waals surface area contributed by atoms with E-state index in [0.717, 1.165) is 54.2 Å². The summed E-state index contributed by atoms with van der Waals surface area (Å²) >= 11 is 0. The number of hydrogen-bond donors (Lipinski definition) is 2. The lowest BCUT2D eigenvalue weighted by Crippen LogP contribution is -2.32. The van der Waals surface area contributed by atoms with E-state index in [1.165, 1.54) is 0 Å². The van der Waals surface area contributed by atoms with Gasteiger partial charge in [0, 0.05) is 56.0 Å². The Morgan fingerprint density at radius 2 is 1.91 bits per heavy atom. The number of nitrogens with zero attached hydrogens (tertiary/aromatic N) is 2. The van der Waals surface area contributed by atoms with Crippen molar-refractivity contribution < 1.29 is 19.0 Å². The highest BCUT2D eigenvalue weighted by molar-refractivity contribution is 5.99. The molecule has 0 unspecified atom stereocenters. The van der Waals surface area contributed by atoms with E-state index < -0.39 is 0 Å². The van der Waals surface area contributed by atoms with Crippen LogP contribution in [0.4, 0.5) is 5.82 Å². The maximum atomic E-state index is 13.2. The molecule has 8 nitrogen and oxygen atoms in total. The summed E-state index contributed by atoms with van der Waals surface area (Å²) in [5, 5.41) is 6.41. The van der Waals surface area contributed by atoms with Gasteiger partial charge in [0.25, 0.3) is 5.91 Å². The molecule has 0 radical (unpaired) electrons. The molecule has 1 fully saturated rings. The van der Waals surface area contributed by atoms with Crippen molar-refractivity contribution in [2.45, 2.75) is 19.4 Å². The lowest BCUT2D eigenvalue weighted by Gasteiger charge is -2.22. The zero-order valence-corrected chi connectivity index (χ0v) is 18.3. The minimum atomic E-state index is -0.145. The van der Waals surface area contributed by atoms with Crippen LogP contribution in [0.2, 0.25) is 0 Å². The van der Waals surface area contributed by atoms with Crippen molar-refractivity contribution in [1.29, 1.82) is 0 Å². The third kappa shape index (κ3) is 5.06. The highest BCUT2D eigenvalue weighted by atomic mass is 16.7. The SMILES string of the molecule is O=C(NCC1CCOCC1)c1cc(-c2cccnc2)cnc1NCc1ccc2c(c1)OCO2. The molecule has 3 aromatic rings. The van der Waals surface area contributed by atoms with Crippen LogP contribution >= 0.6 is 0 Å². The molecule has 8 heteroatoms. The summed E-state index contributed by atoms with van der Waals surface area (Å²) in [5.41, 5.74) is 3.26. The molecule has 2 aromatic heterocycles. The average Bonchev–Trinajstić information content (AvgIpc) is 3.35. The molecule has 0 atom stereocenters. The number of amides is 1. The largest absolute Gasteiger partial charge is 0.454 e. The second-order valence-corrected chi connectivity index (χ2v) is 8.17. The summed E-state index contributed by atoms with van der Waals surface area (Å²) in [5.74, 6) is 2.29. The molecule has 2 aliphatic heterocycles. The number of fused-ring (bicyclic) bond motifs is 1. The third-order valence-electron chi connectivity index (χ3n) is 5.92. The standard InChI is InChI=1S/C25H26N4O4/c30-25(29-12-17-5-8-31-9-6-17)21-11-20(19-2-1-7-26-14-19)15-28-24(21)27-13-18-3-4-22-23(10-18)33-16-32-22/h1-4,7,10-11,14-15,17H,5-6,8-9,12-13,16H2,(H,27,28)(H,29,30). The molecule has 0 spiro atoms. The Morgan fingerprint density at radius 1 is 1.03 bits per heavy atom. The lowest BCUT2D eigenvalue weighted by molar-refractivity contribution is 0.0643. The first-order valence-electron chi connectivity index (χ1n) is 11.1. The predicted molar refractivity (Wildman–Crippen MR) is 123 cm³/mol. The molecule has 0 bridgehead atoms. The number of pyridine rings is 2. The van der Waals surface area contributed by atoms with Gasteiger partial charge < -0.3 is 24.8 Å². The fourth-order valence-electron chi connectivity index (χ4n) is 3.99. The second kappa shape index (κ2) is 9.87. The Hall–Kier alpha value is -3.65. The van der Waals surface area contributed by atoms with Gasteiger partial charge in [0.2, 0.25) is 6.79 Å². The minimum Gasteiger partial charge on any atom is -0.454 e. The molecule has 4 heterocycles. The van der Waals surface area contributed by atoms with Crippen molar-refractivity contribution >= 4 is 11.7 Å². The molecule has 1 saturated heterocycles. The first-order chi connectivity index (χ1) is 16.3. The van der Waals surface area contributed by atoms with Crippen LogP contribution in [-0.2, 0) is 11.3 Å². The topological polar surface area (TPSA) is 94.6 Å². The Labute approximate surface area is 192 Å². The van der Waals surface area contributed by atoms with Crippen LogP contribution in [0.15, 0.2) is 55.0 Å². The van der Waals surface area contributed by atoms with E-state index in [1.807, 2.05) is 36.4 Å². The number of ether oxygens (including phenoxy) is 3. The first-order valence-corrected chi connectivity index (χ1v) is 11.1. The van der Waals surface area contributed by atoms with Gasteiger partial charge in [0.15, 0.2) is 11.5 Å². The fourth-order valence-corrected chi connectivity index (χ4v) is 3.99. The molecule has 2 N–H and O–H groups in total. The van der Waals surface area contributed by atoms with Gasteiger partial charge in [-0.3, -0.25) is 9.78 Å². The van der Waals surface area contributed by atoms with Crippen LogP contribution in [0, 0.1) is 5.92 Å². The fraction of sp³-hybridized carbons (Fsp3) is 0.320. The highest BCUT2D eigenvalue weighted by Gasteiger charge is 2.19. The van der Waals surface area contributed by atoms with Gasteiger partial charge in [0.1, 0.15) is 5.82 Å².